The summed E-state index contributed by atoms with van der Waals surface area (Å²) in [5.74, 6) is -2.10. The van der Waals surface area contributed by atoms with Crippen LogP contribution in [0.2, 0.25) is 0 Å². The van der Waals surface area contributed by atoms with Crippen molar-refractivity contribution in [1.82, 2.24) is 0 Å². The molecule has 0 aliphatic heterocycles. The lowest BCUT2D eigenvalue weighted by molar-refractivity contribution is -0.172. The van der Waals surface area contributed by atoms with E-state index in [9.17, 15) is 9.59 Å². The number of carbonyl (C=O) groups is 2. The number of hydrogen-bond acceptors (Lipinski definition) is 7. The van der Waals surface area contributed by atoms with Crippen LogP contribution in [0.1, 0.15) is 25.0 Å². The van der Waals surface area contributed by atoms with Gasteiger partial charge in [0, 0.05) is 0 Å². The number of benzene rings is 2. The summed E-state index contributed by atoms with van der Waals surface area (Å²) in [6, 6.07) is 20.4. The second kappa shape index (κ2) is 14.3. The summed E-state index contributed by atoms with van der Waals surface area (Å²) < 4.78 is 14.4. The van der Waals surface area contributed by atoms with Crippen LogP contribution in [0.5, 0.6) is 0 Å². The molecule has 2 unspecified atom stereocenters. The first-order valence-electron chi connectivity index (χ1n) is 9.34. The van der Waals surface area contributed by atoms with Crippen LogP contribution in [0.3, 0.4) is 0 Å². The van der Waals surface area contributed by atoms with Gasteiger partial charge < -0.3 is 24.4 Å². The van der Waals surface area contributed by atoms with Crippen molar-refractivity contribution in [2.24, 2.45) is 0 Å². The van der Waals surface area contributed by atoms with Crippen molar-refractivity contribution in [2.45, 2.75) is 39.3 Å². The summed E-state index contributed by atoms with van der Waals surface area (Å²) in [6.07, 6.45) is -3.79. The number of carbonyl (C=O) groups excluding carboxylic acids is 2. The van der Waals surface area contributed by atoms with Gasteiger partial charge in [0.1, 0.15) is 0 Å². The Morgan fingerprint density at radius 3 is 1.38 bits per heavy atom. The molecule has 2 N–H and O–H groups in total. The molecule has 2 aromatic carbocycles. The molecule has 0 saturated heterocycles. The van der Waals surface area contributed by atoms with Gasteiger partial charge in [-0.15, -0.1) is 0 Å². The van der Waals surface area contributed by atoms with Gasteiger partial charge in [0.05, 0.1) is 26.4 Å². The van der Waals surface area contributed by atoms with E-state index in [1.807, 2.05) is 36.4 Å². The number of aliphatic hydroxyl groups is 2. The van der Waals surface area contributed by atoms with Crippen molar-refractivity contribution in [3.8, 4) is 0 Å². The van der Waals surface area contributed by atoms with Crippen LogP contribution in [0.25, 0.3) is 0 Å². The van der Waals surface area contributed by atoms with Crippen LogP contribution in [-0.4, -0.2) is 47.6 Å². The third-order valence-corrected chi connectivity index (χ3v) is 3.58. The summed E-state index contributed by atoms with van der Waals surface area (Å²) in [5, 5.41) is 18.2. The van der Waals surface area contributed by atoms with E-state index in [2.05, 4.69) is 33.7 Å². The third kappa shape index (κ3) is 9.84. The van der Waals surface area contributed by atoms with Crippen molar-refractivity contribution >= 4 is 11.9 Å². The third-order valence-electron chi connectivity index (χ3n) is 3.58. The molecule has 29 heavy (non-hydrogen) atoms. The average Bonchev–Trinajstić information content (AvgIpc) is 2.75. The smallest absolute Gasteiger partial charge is 0.338 e. The molecule has 0 saturated carbocycles. The highest BCUT2D eigenvalue weighted by molar-refractivity contribution is 5.85. The molecular formula is C22H28O7. The quantitative estimate of drug-likeness (QED) is 0.618. The maximum atomic E-state index is 10.9. The van der Waals surface area contributed by atoms with Crippen molar-refractivity contribution in [3.63, 3.8) is 0 Å². The van der Waals surface area contributed by atoms with Gasteiger partial charge in [0.15, 0.2) is 12.2 Å². The summed E-state index contributed by atoms with van der Waals surface area (Å²) in [5.41, 5.74) is 2.43. The zero-order chi connectivity index (χ0) is 21.5. The number of esters is 2. The minimum absolute atomic E-state index is 0.0610. The molecule has 0 heterocycles. The molecule has 0 bridgehead atoms. The second-order valence-corrected chi connectivity index (χ2v) is 5.86. The Morgan fingerprint density at radius 2 is 1.07 bits per heavy atom. The fraction of sp³-hybridized carbons (Fsp3) is 0.364. The van der Waals surface area contributed by atoms with Gasteiger partial charge in [0.25, 0.3) is 0 Å². The minimum Gasteiger partial charge on any atom is -0.464 e. The predicted molar refractivity (Wildman–Crippen MR) is 107 cm³/mol. The van der Waals surface area contributed by atoms with Crippen LogP contribution >= 0.6 is 0 Å². The molecule has 158 valence electrons. The Morgan fingerprint density at radius 1 is 0.724 bits per heavy atom. The highest BCUT2D eigenvalue weighted by Gasteiger charge is 2.32. The zero-order valence-electron chi connectivity index (χ0n) is 16.7. The van der Waals surface area contributed by atoms with Crippen LogP contribution in [0.4, 0.5) is 0 Å². The Kier molecular flexibility index (Phi) is 12.0. The molecule has 7 heteroatoms. The van der Waals surface area contributed by atoms with Crippen LogP contribution in [0.15, 0.2) is 60.7 Å². The van der Waals surface area contributed by atoms with E-state index in [4.69, 9.17) is 14.9 Å². The van der Waals surface area contributed by atoms with Gasteiger partial charge in [-0.2, -0.15) is 0 Å². The Hall–Kier alpha value is -2.74. The minimum atomic E-state index is -1.89. The number of rotatable bonds is 9. The molecular weight excluding hydrogens is 376 g/mol. The van der Waals surface area contributed by atoms with Crippen LogP contribution < -0.4 is 0 Å². The van der Waals surface area contributed by atoms with E-state index in [0.717, 1.165) is 0 Å². The lowest BCUT2D eigenvalue weighted by Crippen LogP contribution is -2.41. The zero-order valence-corrected chi connectivity index (χ0v) is 16.7. The summed E-state index contributed by atoms with van der Waals surface area (Å²) in [4.78, 5) is 21.7. The topological polar surface area (TPSA) is 102 Å². The van der Waals surface area contributed by atoms with E-state index in [-0.39, 0.29) is 13.2 Å². The van der Waals surface area contributed by atoms with E-state index >= 15 is 0 Å². The fourth-order valence-corrected chi connectivity index (χ4v) is 2.15. The van der Waals surface area contributed by atoms with Gasteiger partial charge in [-0.25, -0.2) is 9.59 Å². The lowest BCUT2D eigenvalue weighted by Gasteiger charge is -2.14. The molecule has 7 nitrogen and oxygen atoms in total. The SMILES string of the molecule is CCOC(=O)C(O)C(O)C(=O)OCC.c1ccc(COCc2ccccc2)cc1. The van der Waals surface area contributed by atoms with E-state index in [1.54, 1.807) is 13.8 Å². The van der Waals surface area contributed by atoms with Gasteiger partial charge in [0.2, 0.25) is 0 Å². The molecule has 2 atom stereocenters. The van der Waals surface area contributed by atoms with E-state index in [1.165, 1.54) is 11.1 Å². The molecule has 2 aromatic rings. The molecule has 0 aliphatic rings. The maximum Gasteiger partial charge on any atom is 0.338 e. The van der Waals surface area contributed by atoms with E-state index in [0.29, 0.717) is 13.2 Å². The van der Waals surface area contributed by atoms with Gasteiger partial charge in [-0.05, 0) is 25.0 Å². The lowest BCUT2D eigenvalue weighted by atomic mass is 10.2. The van der Waals surface area contributed by atoms with Gasteiger partial charge >= 0.3 is 11.9 Å². The highest BCUT2D eigenvalue weighted by Crippen LogP contribution is 2.05. The maximum absolute atomic E-state index is 10.9. The largest absolute Gasteiger partial charge is 0.464 e. The first kappa shape index (κ1) is 24.3. The monoisotopic (exact) mass is 404 g/mol. The Bertz CT molecular complexity index is 642. The van der Waals surface area contributed by atoms with Crippen molar-refractivity contribution in [2.75, 3.05) is 13.2 Å². The van der Waals surface area contributed by atoms with Crippen LogP contribution in [-0.2, 0) is 37.0 Å². The number of aliphatic hydroxyl groups excluding tert-OH is 2. The molecule has 0 amide bonds. The Balaban J connectivity index is 0.000000291. The normalized spacial score (nSPS) is 12.1. The summed E-state index contributed by atoms with van der Waals surface area (Å²) >= 11 is 0. The predicted octanol–water partition coefficient (Wildman–Crippen LogP) is 2.24. The molecule has 0 aromatic heterocycles. The van der Waals surface area contributed by atoms with Crippen molar-refractivity contribution < 1.29 is 34.0 Å². The molecule has 0 aliphatic carbocycles. The van der Waals surface area contributed by atoms with E-state index < -0.39 is 24.1 Å². The van der Waals surface area contributed by atoms with Gasteiger partial charge in [-0.1, -0.05) is 60.7 Å². The Labute approximate surface area is 170 Å². The summed E-state index contributed by atoms with van der Waals surface area (Å²) in [6.45, 7) is 4.56. The first-order chi connectivity index (χ1) is 14.0. The van der Waals surface area contributed by atoms with Gasteiger partial charge in [-0.3, -0.25) is 0 Å². The molecule has 0 radical (unpaired) electrons. The molecule has 0 fully saturated rings. The standard InChI is InChI=1S/C14H14O.C8H14O6/c1-3-7-13(8-4-1)11-15-12-14-9-5-2-6-10-14;1-3-13-7(11)5(9)6(10)8(12)14-4-2/h1-10H,11-12H2;5-6,9-10H,3-4H2,1-2H3. The number of ether oxygens (including phenoxy) is 3. The average molecular weight is 404 g/mol. The second-order valence-electron chi connectivity index (χ2n) is 5.86. The number of hydrogen-bond donors (Lipinski definition) is 2. The molecule has 2 rings (SSSR count). The van der Waals surface area contributed by atoms with Crippen molar-refractivity contribution in [3.05, 3.63) is 71.8 Å². The fourth-order valence-electron chi connectivity index (χ4n) is 2.15. The highest BCUT2D eigenvalue weighted by atomic mass is 16.6. The summed E-state index contributed by atoms with van der Waals surface area (Å²) in [7, 11) is 0. The first-order valence-corrected chi connectivity index (χ1v) is 9.34. The van der Waals surface area contributed by atoms with Crippen LogP contribution in [0, 0.1) is 0 Å². The molecule has 0 spiro atoms. The van der Waals surface area contributed by atoms with Crippen molar-refractivity contribution in [1.29, 1.82) is 0 Å².